The second-order valence-electron chi connectivity index (χ2n) is 5.14. The molecule has 1 aliphatic rings. The van der Waals surface area contributed by atoms with Gasteiger partial charge in [0, 0.05) is 23.8 Å². The Morgan fingerprint density at radius 2 is 1.76 bits per heavy atom. The van der Waals surface area contributed by atoms with E-state index in [4.69, 9.17) is 0 Å². The van der Waals surface area contributed by atoms with E-state index in [1.807, 2.05) is 36.4 Å². The maximum Gasteiger partial charge on any atom is 0.147 e. The van der Waals surface area contributed by atoms with Gasteiger partial charge in [0.1, 0.15) is 5.82 Å². The van der Waals surface area contributed by atoms with Crippen LogP contribution < -0.4 is 4.90 Å². The van der Waals surface area contributed by atoms with Crippen molar-refractivity contribution in [3.05, 3.63) is 58.3 Å². The highest BCUT2D eigenvalue weighted by molar-refractivity contribution is 9.10. The topological polar surface area (TPSA) is 15.6 Å². The third-order valence-electron chi connectivity index (χ3n) is 3.61. The van der Waals surface area contributed by atoms with Gasteiger partial charge in [-0.1, -0.05) is 22.0 Å². The van der Waals surface area contributed by atoms with Gasteiger partial charge in [-0.05, 0) is 54.8 Å². The van der Waals surface area contributed by atoms with Crippen LogP contribution in [-0.2, 0) is 0 Å². The summed E-state index contributed by atoms with van der Waals surface area (Å²) in [7, 11) is 0. The van der Waals surface area contributed by atoms with Crippen LogP contribution in [0.5, 0.6) is 0 Å². The first-order valence-corrected chi connectivity index (χ1v) is 7.86. The molecule has 3 rings (SSSR count). The predicted octanol–water partition coefficient (Wildman–Crippen LogP) is 4.94. The molecule has 2 aromatic carbocycles. The zero-order chi connectivity index (χ0) is 14.7. The first kappa shape index (κ1) is 14.3. The van der Waals surface area contributed by atoms with Gasteiger partial charge in [0.05, 0.1) is 11.4 Å². The molecule has 1 saturated heterocycles. The summed E-state index contributed by atoms with van der Waals surface area (Å²) in [5.41, 5.74) is 2.33. The van der Waals surface area contributed by atoms with Crippen LogP contribution in [0, 0.1) is 5.82 Å². The van der Waals surface area contributed by atoms with Crippen LogP contribution in [0.25, 0.3) is 0 Å². The summed E-state index contributed by atoms with van der Waals surface area (Å²) in [6.07, 6.45) is 3.98. The molecule has 0 spiro atoms. The molecule has 0 bridgehead atoms. The molecule has 1 fully saturated rings. The lowest BCUT2D eigenvalue weighted by Crippen LogP contribution is -2.18. The lowest BCUT2D eigenvalue weighted by molar-refractivity contribution is 0.623. The molecule has 0 aliphatic carbocycles. The number of nitrogens with zero attached hydrogens (tertiary/aromatic N) is 2. The SMILES string of the molecule is Fc1cc(C=Nc2ccc(Br)cc2)ccc1N1CCCC1. The molecule has 0 unspecified atom stereocenters. The second-order valence-corrected chi connectivity index (χ2v) is 6.06. The third-order valence-corrected chi connectivity index (χ3v) is 4.14. The molecule has 0 saturated carbocycles. The van der Waals surface area contributed by atoms with Gasteiger partial charge in [0.2, 0.25) is 0 Å². The van der Waals surface area contributed by atoms with Gasteiger partial charge < -0.3 is 4.90 Å². The highest BCUT2D eigenvalue weighted by atomic mass is 79.9. The number of benzene rings is 2. The number of aliphatic imine (C=N–C) groups is 1. The summed E-state index contributed by atoms with van der Waals surface area (Å²) in [5, 5.41) is 0. The number of hydrogen-bond donors (Lipinski definition) is 0. The zero-order valence-corrected chi connectivity index (χ0v) is 13.2. The Morgan fingerprint density at radius 3 is 2.43 bits per heavy atom. The predicted molar refractivity (Wildman–Crippen MR) is 89.2 cm³/mol. The Hall–Kier alpha value is -1.68. The van der Waals surface area contributed by atoms with E-state index in [1.165, 1.54) is 0 Å². The molecule has 1 aliphatic heterocycles. The van der Waals surface area contributed by atoms with E-state index in [1.54, 1.807) is 12.3 Å². The quantitative estimate of drug-likeness (QED) is 0.718. The molecule has 0 radical (unpaired) electrons. The number of halogens is 2. The van der Waals surface area contributed by atoms with E-state index in [-0.39, 0.29) is 5.82 Å². The minimum absolute atomic E-state index is 0.170. The Bertz CT molecular complexity index is 646. The molecule has 21 heavy (non-hydrogen) atoms. The monoisotopic (exact) mass is 346 g/mol. The van der Waals surface area contributed by atoms with Crippen molar-refractivity contribution in [3.63, 3.8) is 0 Å². The van der Waals surface area contributed by atoms with Crippen LogP contribution >= 0.6 is 15.9 Å². The number of rotatable bonds is 3. The summed E-state index contributed by atoms with van der Waals surface area (Å²) in [6.45, 7) is 1.90. The fourth-order valence-electron chi connectivity index (χ4n) is 2.49. The average Bonchev–Trinajstić information content (AvgIpc) is 3.01. The summed E-state index contributed by atoms with van der Waals surface area (Å²) in [4.78, 5) is 6.46. The van der Waals surface area contributed by atoms with Crippen LogP contribution in [0.1, 0.15) is 18.4 Å². The minimum Gasteiger partial charge on any atom is -0.369 e. The molecular weight excluding hydrogens is 331 g/mol. The normalized spacial score (nSPS) is 15.0. The maximum absolute atomic E-state index is 14.2. The molecule has 4 heteroatoms. The largest absolute Gasteiger partial charge is 0.369 e. The highest BCUT2D eigenvalue weighted by Crippen LogP contribution is 2.24. The van der Waals surface area contributed by atoms with Gasteiger partial charge in [-0.25, -0.2) is 4.39 Å². The molecule has 108 valence electrons. The van der Waals surface area contributed by atoms with Gasteiger partial charge >= 0.3 is 0 Å². The minimum atomic E-state index is -0.170. The molecule has 2 aromatic rings. The van der Waals surface area contributed by atoms with Crippen molar-refractivity contribution in [2.24, 2.45) is 4.99 Å². The Labute approximate surface area is 132 Å². The van der Waals surface area contributed by atoms with Crippen molar-refractivity contribution < 1.29 is 4.39 Å². The van der Waals surface area contributed by atoms with E-state index < -0.39 is 0 Å². The Kier molecular flexibility index (Phi) is 4.34. The fraction of sp³-hybridized carbons (Fsp3) is 0.235. The lowest BCUT2D eigenvalue weighted by atomic mass is 10.2. The van der Waals surface area contributed by atoms with Crippen molar-refractivity contribution >= 4 is 33.5 Å². The average molecular weight is 347 g/mol. The Balaban J connectivity index is 1.77. The molecular formula is C17H16BrFN2. The van der Waals surface area contributed by atoms with Crippen molar-refractivity contribution in [2.45, 2.75) is 12.8 Å². The molecule has 1 heterocycles. The first-order chi connectivity index (χ1) is 10.2. The van der Waals surface area contributed by atoms with E-state index >= 15 is 0 Å². The first-order valence-electron chi connectivity index (χ1n) is 7.06. The number of anilines is 1. The van der Waals surface area contributed by atoms with Crippen LogP contribution in [0.2, 0.25) is 0 Å². The molecule has 0 amide bonds. The summed E-state index contributed by atoms with van der Waals surface area (Å²) >= 11 is 3.39. The van der Waals surface area contributed by atoms with Crippen molar-refractivity contribution in [1.29, 1.82) is 0 Å². The molecule has 0 atom stereocenters. The molecule has 0 N–H and O–H groups in total. The van der Waals surface area contributed by atoms with Gasteiger partial charge in [0.25, 0.3) is 0 Å². The van der Waals surface area contributed by atoms with Gasteiger partial charge in [-0.3, -0.25) is 4.99 Å². The van der Waals surface area contributed by atoms with Crippen LogP contribution in [0.4, 0.5) is 15.8 Å². The van der Waals surface area contributed by atoms with E-state index in [9.17, 15) is 4.39 Å². The van der Waals surface area contributed by atoms with Crippen LogP contribution in [-0.4, -0.2) is 19.3 Å². The van der Waals surface area contributed by atoms with Crippen molar-refractivity contribution in [2.75, 3.05) is 18.0 Å². The fourth-order valence-corrected chi connectivity index (χ4v) is 2.76. The smallest absolute Gasteiger partial charge is 0.147 e. The van der Waals surface area contributed by atoms with Gasteiger partial charge in [0.15, 0.2) is 0 Å². The number of hydrogen-bond acceptors (Lipinski definition) is 2. The summed E-state index contributed by atoms with van der Waals surface area (Å²) < 4.78 is 15.2. The third kappa shape index (κ3) is 3.50. The standard InChI is InChI=1S/C17H16BrFN2/c18-14-4-6-15(7-5-14)20-12-13-3-8-17(16(19)11-13)21-9-1-2-10-21/h3-8,11-12H,1-2,9-10H2. The van der Waals surface area contributed by atoms with Crippen molar-refractivity contribution in [1.82, 2.24) is 0 Å². The molecule has 2 nitrogen and oxygen atoms in total. The highest BCUT2D eigenvalue weighted by Gasteiger charge is 2.15. The maximum atomic E-state index is 14.2. The van der Waals surface area contributed by atoms with Crippen molar-refractivity contribution in [3.8, 4) is 0 Å². The van der Waals surface area contributed by atoms with Gasteiger partial charge in [-0.15, -0.1) is 0 Å². The van der Waals surface area contributed by atoms with E-state index in [0.29, 0.717) is 5.69 Å². The van der Waals surface area contributed by atoms with Crippen LogP contribution in [0.3, 0.4) is 0 Å². The Morgan fingerprint density at radius 1 is 1.05 bits per heavy atom. The lowest BCUT2D eigenvalue weighted by Gasteiger charge is -2.18. The second kappa shape index (κ2) is 6.39. The van der Waals surface area contributed by atoms with Gasteiger partial charge in [-0.2, -0.15) is 0 Å². The molecule has 0 aromatic heterocycles. The zero-order valence-electron chi connectivity index (χ0n) is 11.6. The van der Waals surface area contributed by atoms with E-state index in [0.717, 1.165) is 41.7 Å². The van der Waals surface area contributed by atoms with Crippen LogP contribution in [0.15, 0.2) is 51.9 Å². The summed E-state index contributed by atoms with van der Waals surface area (Å²) in [6, 6.07) is 13.0. The van der Waals surface area contributed by atoms with E-state index in [2.05, 4.69) is 25.8 Å². The summed E-state index contributed by atoms with van der Waals surface area (Å²) in [5.74, 6) is -0.170.